The lowest BCUT2D eigenvalue weighted by atomic mass is 10.0. The maximum atomic E-state index is 14.3. The van der Waals surface area contributed by atoms with Crippen LogP contribution in [0, 0.1) is 0 Å². The summed E-state index contributed by atoms with van der Waals surface area (Å²) in [4.78, 5) is -0.419. The lowest BCUT2D eigenvalue weighted by Gasteiger charge is -2.38. The molecule has 0 unspecified atom stereocenters. The molecule has 4 nitrogen and oxygen atoms in total. The molecule has 1 aromatic rings. The number of alkyl halides is 6. The Hall–Kier alpha value is -1.36. The van der Waals surface area contributed by atoms with Gasteiger partial charge < -0.3 is 4.74 Å². The largest absolute Gasteiger partial charge is 0.411 e. The average molecular weight is 389 g/mol. The van der Waals surface area contributed by atoms with E-state index in [1.54, 1.807) is 0 Å². The van der Waals surface area contributed by atoms with Gasteiger partial charge in [-0.3, -0.25) is 0 Å². The van der Waals surface area contributed by atoms with Crippen molar-refractivity contribution in [3.05, 3.63) is 11.8 Å². The molecular weight excluding hydrogens is 372 g/mol. The molecule has 1 aliphatic rings. The van der Waals surface area contributed by atoms with E-state index in [1.165, 1.54) is 0 Å². The van der Waals surface area contributed by atoms with E-state index in [0.717, 1.165) is 6.42 Å². The summed E-state index contributed by atoms with van der Waals surface area (Å²) in [5.74, 6) is -0.781. The Morgan fingerprint density at radius 2 is 1.92 bits per heavy atom. The van der Waals surface area contributed by atoms with Crippen molar-refractivity contribution >= 4 is 17.3 Å². The number of likely N-dealkylation sites (N-methyl/N-ethyl adjacent to an activating group) is 1. The third kappa shape index (κ3) is 4.25. The van der Waals surface area contributed by atoms with Gasteiger partial charge in [0.1, 0.15) is 0 Å². The van der Waals surface area contributed by atoms with E-state index in [2.05, 4.69) is 13.5 Å². The molecule has 0 amide bonds. The Morgan fingerprint density at radius 3 is 2.56 bits per heavy atom. The first-order chi connectivity index (χ1) is 11.5. The highest BCUT2D eigenvalue weighted by atomic mass is 32.1. The van der Waals surface area contributed by atoms with Crippen LogP contribution in [0.2, 0.25) is 0 Å². The standard InChI is InChI=1S/C14H17F6N3OS/c1-3-4-5-7-13(17,18)24-11-10(21-25-22-11)9-6-8-12(15,16)23(2)14(9,19)20/h6H,3-5,7-8H2,1-2H3. The van der Waals surface area contributed by atoms with Gasteiger partial charge in [0.15, 0.2) is 5.69 Å². The molecule has 0 N–H and O–H groups in total. The minimum Gasteiger partial charge on any atom is -0.411 e. The minimum atomic E-state index is -4.10. The summed E-state index contributed by atoms with van der Waals surface area (Å²) in [7, 11) is 0.548. The molecule has 0 fully saturated rings. The van der Waals surface area contributed by atoms with Crippen LogP contribution >= 0.6 is 11.7 Å². The van der Waals surface area contributed by atoms with E-state index in [-0.39, 0.29) is 6.42 Å². The highest BCUT2D eigenvalue weighted by molar-refractivity contribution is 6.99. The van der Waals surface area contributed by atoms with Crippen molar-refractivity contribution in [2.24, 2.45) is 0 Å². The van der Waals surface area contributed by atoms with Crippen molar-refractivity contribution in [1.29, 1.82) is 0 Å². The Morgan fingerprint density at radius 1 is 1.24 bits per heavy atom. The molecule has 1 aromatic heterocycles. The zero-order chi connectivity index (χ0) is 18.9. The van der Waals surface area contributed by atoms with E-state index in [4.69, 9.17) is 0 Å². The molecule has 0 atom stereocenters. The number of unbranched alkanes of at least 4 members (excludes halogenated alkanes) is 2. The number of ether oxygens (including phenoxy) is 1. The summed E-state index contributed by atoms with van der Waals surface area (Å²) < 4.78 is 94.6. The topological polar surface area (TPSA) is 38.3 Å². The molecule has 25 heavy (non-hydrogen) atoms. The molecule has 1 aliphatic heterocycles. The summed E-state index contributed by atoms with van der Waals surface area (Å²) in [5.41, 5.74) is -1.57. The number of halogens is 6. The van der Waals surface area contributed by atoms with Gasteiger partial charge in [0, 0.05) is 6.42 Å². The van der Waals surface area contributed by atoms with Crippen LogP contribution in [-0.4, -0.2) is 38.9 Å². The fourth-order valence-corrected chi connectivity index (χ4v) is 2.79. The molecule has 0 aliphatic carbocycles. The van der Waals surface area contributed by atoms with Gasteiger partial charge in [-0.05, 0) is 13.5 Å². The number of hydrogen-bond donors (Lipinski definition) is 0. The minimum absolute atomic E-state index is 0.185. The van der Waals surface area contributed by atoms with Gasteiger partial charge in [0.25, 0.3) is 5.88 Å². The molecule has 0 aromatic carbocycles. The van der Waals surface area contributed by atoms with Crippen molar-refractivity contribution < 1.29 is 31.1 Å². The Labute approximate surface area is 144 Å². The van der Waals surface area contributed by atoms with Gasteiger partial charge in [-0.2, -0.15) is 35.6 Å². The van der Waals surface area contributed by atoms with Gasteiger partial charge in [-0.15, -0.1) is 4.37 Å². The number of nitrogens with zero attached hydrogens (tertiary/aromatic N) is 3. The highest BCUT2D eigenvalue weighted by Crippen LogP contribution is 2.47. The average Bonchev–Trinajstić information content (AvgIpc) is 2.92. The molecule has 2 heterocycles. The zero-order valence-corrected chi connectivity index (χ0v) is 14.4. The monoisotopic (exact) mass is 389 g/mol. The second kappa shape index (κ2) is 7.10. The number of rotatable bonds is 7. The maximum Gasteiger partial charge on any atom is 0.399 e. The SMILES string of the molecule is CCCCCC(F)(F)Oc1nsnc1C1=CCC(F)(F)N(C)C1(F)F. The van der Waals surface area contributed by atoms with Crippen LogP contribution in [0.5, 0.6) is 5.88 Å². The second-order valence-electron chi connectivity index (χ2n) is 5.70. The Bertz CT molecular complexity index is 634. The first-order valence-electron chi connectivity index (χ1n) is 7.61. The highest BCUT2D eigenvalue weighted by Gasteiger charge is 2.55. The predicted octanol–water partition coefficient (Wildman–Crippen LogP) is 4.99. The fourth-order valence-electron chi connectivity index (χ4n) is 2.30. The number of aromatic nitrogens is 2. The molecule has 0 spiro atoms. The van der Waals surface area contributed by atoms with Gasteiger partial charge in [-0.25, -0.2) is 0 Å². The quantitative estimate of drug-likeness (QED) is 0.374. The molecule has 142 valence electrons. The van der Waals surface area contributed by atoms with E-state index in [1.807, 2.05) is 6.92 Å². The van der Waals surface area contributed by atoms with E-state index >= 15 is 0 Å². The van der Waals surface area contributed by atoms with Crippen molar-refractivity contribution in [2.75, 3.05) is 7.05 Å². The van der Waals surface area contributed by atoms with Crippen LogP contribution < -0.4 is 4.74 Å². The first kappa shape index (κ1) is 20.0. The van der Waals surface area contributed by atoms with Crippen molar-refractivity contribution in [1.82, 2.24) is 13.6 Å². The number of hydrogen-bond acceptors (Lipinski definition) is 5. The summed E-state index contributed by atoms with van der Waals surface area (Å²) in [6.07, 6.45) is -3.17. The summed E-state index contributed by atoms with van der Waals surface area (Å²) in [6, 6.07) is -7.87. The smallest absolute Gasteiger partial charge is 0.399 e. The molecule has 0 saturated heterocycles. The lowest BCUT2D eigenvalue weighted by Crippen LogP contribution is -2.52. The molecule has 2 rings (SSSR count). The van der Waals surface area contributed by atoms with Crippen LogP contribution in [0.25, 0.3) is 5.57 Å². The van der Waals surface area contributed by atoms with Gasteiger partial charge >= 0.3 is 18.2 Å². The van der Waals surface area contributed by atoms with Crippen molar-refractivity contribution in [3.8, 4) is 5.88 Å². The zero-order valence-electron chi connectivity index (χ0n) is 13.5. The molecule has 0 saturated carbocycles. The molecule has 11 heteroatoms. The Kier molecular flexibility index (Phi) is 5.67. The van der Waals surface area contributed by atoms with Crippen molar-refractivity contribution in [2.45, 2.75) is 57.2 Å². The summed E-state index contributed by atoms with van der Waals surface area (Å²) in [5, 5.41) is 0. The van der Waals surface area contributed by atoms with E-state index < -0.39 is 53.1 Å². The molecule has 0 bridgehead atoms. The van der Waals surface area contributed by atoms with E-state index in [9.17, 15) is 26.3 Å². The van der Waals surface area contributed by atoms with E-state index in [0.29, 0.717) is 31.3 Å². The van der Waals surface area contributed by atoms with Gasteiger partial charge in [-0.1, -0.05) is 25.8 Å². The van der Waals surface area contributed by atoms with Crippen LogP contribution in [0.3, 0.4) is 0 Å². The molecular formula is C14H17F6N3OS. The third-order valence-corrected chi connectivity index (χ3v) is 4.33. The van der Waals surface area contributed by atoms with Crippen LogP contribution in [-0.2, 0) is 0 Å². The van der Waals surface area contributed by atoms with Crippen LogP contribution in [0.4, 0.5) is 26.3 Å². The summed E-state index contributed by atoms with van der Waals surface area (Å²) in [6.45, 7) is 1.84. The predicted molar refractivity (Wildman–Crippen MR) is 79.9 cm³/mol. The van der Waals surface area contributed by atoms with Crippen LogP contribution in [0.1, 0.15) is 44.7 Å². The first-order valence-corrected chi connectivity index (χ1v) is 8.34. The van der Waals surface area contributed by atoms with Crippen molar-refractivity contribution in [3.63, 3.8) is 0 Å². The Balaban J connectivity index is 2.25. The normalized spacial score (nSPS) is 20.4. The third-order valence-electron chi connectivity index (χ3n) is 3.82. The van der Waals surface area contributed by atoms with Gasteiger partial charge in [0.2, 0.25) is 0 Å². The lowest BCUT2D eigenvalue weighted by molar-refractivity contribution is -0.241. The maximum absolute atomic E-state index is 14.3. The van der Waals surface area contributed by atoms with Gasteiger partial charge in [0.05, 0.1) is 23.7 Å². The molecule has 0 radical (unpaired) electrons. The second-order valence-corrected chi connectivity index (χ2v) is 6.23. The fraction of sp³-hybridized carbons (Fsp3) is 0.714. The summed E-state index contributed by atoms with van der Waals surface area (Å²) >= 11 is 0.392. The van der Waals surface area contributed by atoms with Crippen LogP contribution in [0.15, 0.2) is 6.08 Å².